The van der Waals surface area contributed by atoms with Crippen molar-refractivity contribution in [3.63, 3.8) is 0 Å². The van der Waals surface area contributed by atoms with E-state index in [9.17, 15) is 24.0 Å². The molecule has 0 bridgehead atoms. The minimum Gasteiger partial charge on any atom is -0.454 e. The Balaban J connectivity index is 1.47. The Bertz CT molecular complexity index is 1030. The van der Waals surface area contributed by atoms with Crippen LogP contribution in [0.4, 0.5) is 10.5 Å². The highest BCUT2D eigenvalue weighted by Crippen LogP contribution is 2.22. The second-order valence-electron chi connectivity index (χ2n) is 6.72. The molecule has 1 aliphatic heterocycles. The molecule has 2 aromatic rings. The summed E-state index contributed by atoms with van der Waals surface area (Å²) in [5.41, 5.74) is 2.80. The van der Waals surface area contributed by atoms with Gasteiger partial charge in [-0.1, -0.05) is 29.8 Å². The number of carbonyl (C=O) groups is 5. The van der Waals surface area contributed by atoms with Crippen molar-refractivity contribution in [3.8, 4) is 0 Å². The molecule has 9 heteroatoms. The molecule has 3 rings (SSSR count). The number of aryl methyl sites for hydroxylation is 2. The fourth-order valence-electron chi connectivity index (χ4n) is 2.97. The Morgan fingerprint density at radius 3 is 2.20 bits per heavy atom. The maximum atomic E-state index is 12.2. The largest absolute Gasteiger partial charge is 0.454 e. The zero-order valence-corrected chi connectivity index (χ0v) is 16.4. The molecule has 9 nitrogen and oxygen atoms in total. The van der Waals surface area contributed by atoms with Gasteiger partial charge in [0.2, 0.25) is 0 Å². The summed E-state index contributed by atoms with van der Waals surface area (Å²) in [6, 6.07) is 10.8. The molecule has 0 fully saturated rings. The number of amides is 5. The van der Waals surface area contributed by atoms with Gasteiger partial charge < -0.3 is 10.1 Å². The third-order valence-electron chi connectivity index (χ3n) is 4.41. The van der Waals surface area contributed by atoms with Crippen LogP contribution in [-0.2, 0) is 14.3 Å². The second kappa shape index (κ2) is 8.56. The van der Waals surface area contributed by atoms with E-state index >= 15 is 0 Å². The summed E-state index contributed by atoms with van der Waals surface area (Å²) >= 11 is 0. The van der Waals surface area contributed by atoms with Crippen LogP contribution in [0.1, 0.15) is 31.8 Å². The molecule has 0 spiro atoms. The molecular formula is C21H19N3O6. The van der Waals surface area contributed by atoms with Crippen LogP contribution in [0.25, 0.3) is 0 Å². The van der Waals surface area contributed by atoms with Crippen LogP contribution < -0.4 is 10.6 Å². The van der Waals surface area contributed by atoms with Gasteiger partial charge in [-0.25, -0.2) is 4.79 Å². The van der Waals surface area contributed by atoms with E-state index in [2.05, 4.69) is 5.32 Å². The maximum absolute atomic E-state index is 12.2. The lowest BCUT2D eigenvalue weighted by molar-refractivity contribution is -0.148. The molecule has 30 heavy (non-hydrogen) atoms. The van der Waals surface area contributed by atoms with Crippen molar-refractivity contribution in [1.29, 1.82) is 0 Å². The molecule has 0 radical (unpaired) electrons. The molecule has 0 aromatic heterocycles. The number of fused-ring (bicyclic) bond motifs is 1. The van der Waals surface area contributed by atoms with Gasteiger partial charge in [-0.2, -0.15) is 0 Å². The topological polar surface area (TPSA) is 122 Å². The van der Waals surface area contributed by atoms with Gasteiger partial charge in [0, 0.05) is 5.69 Å². The molecule has 154 valence electrons. The number of carbonyl (C=O) groups excluding carboxylic acids is 5. The summed E-state index contributed by atoms with van der Waals surface area (Å²) in [6.45, 7) is 2.36. The number of esters is 1. The summed E-state index contributed by atoms with van der Waals surface area (Å²) in [4.78, 5) is 60.9. The number of nitrogens with one attached hydrogen (secondary N) is 2. The van der Waals surface area contributed by atoms with Crippen molar-refractivity contribution in [1.82, 2.24) is 10.2 Å². The molecule has 0 saturated carbocycles. The zero-order valence-electron chi connectivity index (χ0n) is 16.4. The van der Waals surface area contributed by atoms with Crippen LogP contribution in [-0.4, -0.2) is 47.8 Å². The molecular weight excluding hydrogens is 390 g/mol. The van der Waals surface area contributed by atoms with Gasteiger partial charge in [-0.3, -0.25) is 29.4 Å². The molecule has 5 amide bonds. The average molecular weight is 409 g/mol. The van der Waals surface area contributed by atoms with Crippen molar-refractivity contribution in [2.45, 2.75) is 13.8 Å². The third-order valence-corrected chi connectivity index (χ3v) is 4.41. The first-order valence-electron chi connectivity index (χ1n) is 9.05. The van der Waals surface area contributed by atoms with Crippen LogP contribution >= 0.6 is 0 Å². The lowest BCUT2D eigenvalue weighted by atomic mass is 10.1. The van der Waals surface area contributed by atoms with Gasteiger partial charge >= 0.3 is 12.0 Å². The summed E-state index contributed by atoms with van der Waals surface area (Å²) in [5, 5.41) is 4.56. The van der Waals surface area contributed by atoms with E-state index in [1.165, 1.54) is 12.1 Å². The molecule has 1 aliphatic rings. The summed E-state index contributed by atoms with van der Waals surface area (Å²) in [6.07, 6.45) is 0. The number of ether oxygens (including phenoxy) is 1. The highest BCUT2D eigenvalue weighted by molar-refractivity contribution is 6.22. The van der Waals surface area contributed by atoms with E-state index in [1.54, 1.807) is 18.2 Å². The summed E-state index contributed by atoms with van der Waals surface area (Å²) < 4.78 is 4.77. The fraction of sp³-hybridized carbons (Fsp3) is 0.190. The zero-order chi connectivity index (χ0) is 21.8. The van der Waals surface area contributed by atoms with E-state index in [0.717, 1.165) is 16.0 Å². The average Bonchev–Trinajstić information content (AvgIpc) is 2.94. The number of nitrogens with zero attached hydrogens (tertiary/aromatic N) is 1. The monoisotopic (exact) mass is 409 g/mol. The Morgan fingerprint density at radius 1 is 0.967 bits per heavy atom. The molecule has 2 N–H and O–H groups in total. The van der Waals surface area contributed by atoms with Crippen molar-refractivity contribution >= 4 is 35.4 Å². The number of urea groups is 1. The minimum absolute atomic E-state index is 0.205. The lowest BCUT2D eigenvalue weighted by Crippen LogP contribution is -2.39. The Kier molecular flexibility index (Phi) is 5.91. The predicted molar refractivity (Wildman–Crippen MR) is 106 cm³/mol. The van der Waals surface area contributed by atoms with Crippen LogP contribution in [0.3, 0.4) is 0 Å². The molecule has 1 heterocycles. The number of rotatable bonds is 5. The van der Waals surface area contributed by atoms with Crippen LogP contribution in [0.5, 0.6) is 0 Å². The number of hydrogen-bond acceptors (Lipinski definition) is 6. The van der Waals surface area contributed by atoms with Gasteiger partial charge in [-0.05, 0) is 37.6 Å². The van der Waals surface area contributed by atoms with Gasteiger partial charge in [0.15, 0.2) is 6.61 Å². The quantitative estimate of drug-likeness (QED) is 0.574. The predicted octanol–water partition coefficient (Wildman–Crippen LogP) is 1.79. The summed E-state index contributed by atoms with van der Waals surface area (Å²) in [5.74, 6) is -3.02. The standard InChI is InChI=1S/C21H19N3O6/c1-12-7-8-16(13(2)9-12)22-21(29)23-17(25)11-30-18(26)10-24-19(27)14-5-3-4-6-15(14)20(24)28/h3-9H,10-11H2,1-2H3,(H2,22,23,25,29). The lowest BCUT2D eigenvalue weighted by Gasteiger charge is -2.13. The fourth-order valence-corrected chi connectivity index (χ4v) is 2.97. The number of anilines is 1. The first-order valence-corrected chi connectivity index (χ1v) is 9.05. The van der Waals surface area contributed by atoms with E-state index in [-0.39, 0.29) is 11.1 Å². The number of benzene rings is 2. The van der Waals surface area contributed by atoms with Crippen molar-refractivity contribution in [3.05, 3.63) is 64.7 Å². The molecule has 0 saturated heterocycles. The van der Waals surface area contributed by atoms with E-state index in [4.69, 9.17) is 4.74 Å². The Labute approximate surface area is 172 Å². The normalized spacial score (nSPS) is 12.4. The van der Waals surface area contributed by atoms with Crippen LogP contribution in [0.15, 0.2) is 42.5 Å². The summed E-state index contributed by atoms with van der Waals surface area (Å²) in [7, 11) is 0. The van der Waals surface area contributed by atoms with Gasteiger partial charge in [0.25, 0.3) is 17.7 Å². The van der Waals surface area contributed by atoms with Crippen LogP contribution in [0.2, 0.25) is 0 Å². The second-order valence-corrected chi connectivity index (χ2v) is 6.72. The Hall–Kier alpha value is -4.01. The smallest absolute Gasteiger partial charge is 0.326 e. The van der Waals surface area contributed by atoms with Crippen molar-refractivity contribution < 1.29 is 28.7 Å². The van der Waals surface area contributed by atoms with Crippen LogP contribution in [0, 0.1) is 13.8 Å². The molecule has 0 unspecified atom stereocenters. The first-order chi connectivity index (χ1) is 14.3. The maximum Gasteiger partial charge on any atom is 0.326 e. The van der Waals surface area contributed by atoms with E-state index in [0.29, 0.717) is 5.69 Å². The van der Waals surface area contributed by atoms with E-state index < -0.39 is 42.9 Å². The SMILES string of the molecule is Cc1ccc(NC(=O)NC(=O)COC(=O)CN2C(=O)c3ccccc3C2=O)c(C)c1. The van der Waals surface area contributed by atoms with Crippen molar-refractivity contribution in [2.75, 3.05) is 18.5 Å². The Morgan fingerprint density at radius 2 is 1.60 bits per heavy atom. The molecule has 0 atom stereocenters. The highest BCUT2D eigenvalue weighted by atomic mass is 16.5. The minimum atomic E-state index is -0.950. The molecule has 2 aromatic carbocycles. The number of hydrogen-bond donors (Lipinski definition) is 2. The third kappa shape index (κ3) is 4.52. The highest BCUT2D eigenvalue weighted by Gasteiger charge is 2.36. The van der Waals surface area contributed by atoms with E-state index in [1.807, 2.05) is 31.3 Å². The van der Waals surface area contributed by atoms with Gasteiger partial charge in [0.1, 0.15) is 6.54 Å². The molecule has 0 aliphatic carbocycles. The van der Waals surface area contributed by atoms with Gasteiger partial charge in [0.05, 0.1) is 11.1 Å². The first kappa shape index (κ1) is 20.7. The van der Waals surface area contributed by atoms with Gasteiger partial charge in [-0.15, -0.1) is 0 Å². The number of imide groups is 2. The van der Waals surface area contributed by atoms with Crippen molar-refractivity contribution in [2.24, 2.45) is 0 Å².